The van der Waals surface area contributed by atoms with Gasteiger partial charge in [-0.2, -0.15) is 0 Å². The van der Waals surface area contributed by atoms with E-state index in [1.54, 1.807) is 13.0 Å². The highest BCUT2D eigenvalue weighted by Gasteiger charge is 2.16. The molecule has 4 heteroatoms. The van der Waals surface area contributed by atoms with Crippen molar-refractivity contribution in [2.75, 3.05) is 30.3 Å². The molecule has 0 amide bonds. The van der Waals surface area contributed by atoms with Crippen LogP contribution in [0.2, 0.25) is 0 Å². The predicted octanol–water partition coefficient (Wildman–Crippen LogP) is 3.85. The Morgan fingerprint density at radius 1 is 1.14 bits per heavy atom. The van der Waals surface area contributed by atoms with Crippen molar-refractivity contribution >= 4 is 17.3 Å². The first-order valence-electron chi connectivity index (χ1n) is 7.96. The van der Waals surface area contributed by atoms with Gasteiger partial charge in [-0.05, 0) is 31.9 Å². The van der Waals surface area contributed by atoms with Gasteiger partial charge in [-0.15, -0.1) is 0 Å². The quantitative estimate of drug-likeness (QED) is 0.555. The molecule has 1 aromatic rings. The molecule has 0 aliphatic rings. The third kappa shape index (κ3) is 4.96. The highest BCUT2D eigenvalue weighted by atomic mass is 16.5. The number of esters is 1. The molecule has 0 saturated carbocycles. The number of anilines is 2. The zero-order valence-corrected chi connectivity index (χ0v) is 13.5. The maximum absolute atomic E-state index is 11.9. The van der Waals surface area contributed by atoms with E-state index >= 15 is 0 Å². The van der Waals surface area contributed by atoms with Gasteiger partial charge in [0.25, 0.3) is 0 Å². The Morgan fingerprint density at radius 3 is 2.29 bits per heavy atom. The fourth-order valence-corrected chi connectivity index (χ4v) is 2.27. The Hall–Kier alpha value is -1.71. The van der Waals surface area contributed by atoms with Crippen molar-refractivity contribution in [3.63, 3.8) is 0 Å². The summed E-state index contributed by atoms with van der Waals surface area (Å²) in [4.78, 5) is 14.2. The minimum absolute atomic E-state index is 0.345. The van der Waals surface area contributed by atoms with Crippen LogP contribution >= 0.6 is 0 Å². The van der Waals surface area contributed by atoms with Gasteiger partial charge in [-0.3, -0.25) is 0 Å². The Bertz CT molecular complexity index is 438. The molecule has 0 bridgehead atoms. The van der Waals surface area contributed by atoms with Crippen LogP contribution in [0, 0.1) is 0 Å². The SMILES string of the molecule is CCCCN(CCCC)c1cccc(C(=O)OCC)c1N. The van der Waals surface area contributed by atoms with Crippen LogP contribution in [0.25, 0.3) is 0 Å². The molecule has 0 aromatic heterocycles. The summed E-state index contributed by atoms with van der Waals surface area (Å²) < 4.78 is 5.07. The molecule has 4 nitrogen and oxygen atoms in total. The second-order valence-electron chi connectivity index (χ2n) is 5.15. The zero-order valence-electron chi connectivity index (χ0n) is 13.5. The lowest BCUT2D eigenvalue weighted by Gasteiger charge is -2.26. The Kier molecular flexibility index (Phi) is 7.65. The average Bonchev–Trinajstić information content (AvgIpc) is 2.48. The number of benzene rings is 1. The lowest BCUT2D eigenvalue weighted by Crippen LogP contribution is -2.27. The number of carbonyl (C=O) groups excluding carboxylic acids is 1. The van der Waals surface area contributed by atoms with Gasteiger partial charge < -0.3 is 15.4 Å². The number of carbonyl (C=O) groups is 1. The van der Waals surface area contributed by atoms with E-state index < -0.39 is 0 Å². The summed E-state index contributed by atoms with van der Waals surface area (Å²) in [6.07, 6.45) is 4.51. The summed E-state index contributed by atoms with van der Waals surface area (Å²) in [6, 6.07) is 5.60. The molecule has 2 N–H and O–H groups in total. The highest BCUT2D eigenvalue weighted by molar-refractivity contribution is 5.98. The number of hydrogen-bond acceptors (Lipinski definition) is 4. The van der Waals surface area contributed by atoms with E-state index in [0.717, 1.165) is 44.5 Å². The van der Waals surface area contributed by atoms with E-state index in [-0.39, 0.29) is 5.97 Å². The van der Waals surface area contributed by atoms with Crippen LogP contribution in [0.4, 0.5) is 11.4 Å². The smallest absolute Gasteiger partial charge is 0.340 e. The number of unbranched alkanes of at least 4 members (excludes halogenated alkanes) is 2. The minimum atomic E-state index is -0.345. The molecule has 0 atom stereocenters. The van der Waals surface area contributed by atoms with Crippen LogP contribution in [-0.4, -0.2) is 25.7 Å². The van der Waals surface area contributed by atoms with Crippen molar-refractivity contribution in [3.05, 3.63) is 23.8 Å². The fourth-order valence-electron chi connectivity index (χ4n) is 2.27. The topological polar surface area (TPSA) is 55.6 Å². The van der Waals surface area contributed by atoms with Crippen molar-refractivity contribution in [2.24, 2.45) is 0 Å². The number of para-hydroxylation sites is 1. The molecule has 118 valence electrons. The number of hydrogen-bond donors (Lipinski definition) is 1. The molecular weight excluding hydrogens is 264 g/mol. The summed E-state index contributed by atoms with van der Waals surface area (Å²) in [5.74, 6) is -0.345. The van der Waals surface area contributed by atoms with Gasteiger partial charge in [0.15, 0.2) is 0 Å². The van der Waals surface area contributed by atoms with Crippen LogP contribution in [0.1, 0.15) is 56.8 Å². The average molecular weight is 292 g/mol. The minimum Gasteiger partial charge on any atom is -0.462 e. The molecule has 21 heavy (non-hydrogen) atoms. The first kappa shape index (κ1) is 17.3. The largest absolute Gasteiger partial charge is 0.462 e. The van der Waals surface area contributed by atoms with Crippen molar-refractivity contribution in [3.8, 4) is 0 Å². The summed E-state index contributed by atoms with van der Waals surface area (Å²) in [5, 5.41) is 0. The summed E-state index contributed by atoms with van der Waals surface area (Å²) in [5.41, 5.74) is 8.16. The number of nitrogens with two attached hydrogens (primary N) is 1. The molecule has 0 heterocycles. The monoisotopic (exact) mass is 292 g/mol. The summed E-state index contributed by atoms with van der Waals surface area (Å²) in [6.45, 7) is 8.44. The molecular formula is C17H28N2O2. The van der Waals surface area contributed by atoms with Gasteiger partial charge in [0.2, 0.25) is 0 Å². The standard InChI is InChI=1S/C17H28N2O2/c1-4-7-12-19(13-8-5-2)15-11-9-10-14(16(15)18)17(20)21-6-3/h9-11H,4-8,12-13,18H2,1-3H3. The molecule has 0 aliphatic heterocycles. The summed E-state index contributed by atoms with van der Waals surface area (Å²) >= 11 is 0. The Balaban J connectivity index is 3.01. The van der Waals surface area contributed by atoms with E-state index in [4.69, 9.17) is 10.5 Å². The molecule has 0 saturated heterocycles. The molecule has 0 radical (unpaired) electrons. The lowest BCUT2D eigenvalue weighted by atomic mass is 10.1. The van der Waals surface area contributed by atoms with Crippen LogP contribution in [0.3, 0.4) is 0 Å². The van der Waals surface area contributed by atoms with E-state index in [1.165, 1.54) is 0 Å². The number of rotatable bonds is 9. The van der Waals surface area contributed by atoms with Gasteiger partial charge in [0.05, 0.1) is 23.5 Å². The maximum Gasteiger partial charge on any atom is 0.340 e. The third-order valence-corrected chi connectivity index (χ3v) is 3.48. The highest BCUT2D eigenvalue weighted by Crippen LogP contribution is 2.28. The second kappa shape index (κ2) is 9.27. The normalized spacial score (nSPS) is 10.4. The van der Waals surface area contributed by atoms with Gasteiger partial charge in [0, 0.05) is 13.1 Å². The molecule has 1 aromatic carbocycles. The molecule has 0 unspecified atom stereocenters. The van der Waals surface area contributed by atoms with Crippen molar-refractivity contribution < 1.29 is 9.53 Å². The Labute approximate surface area is 128 Å². The van der Waals surface area contributed by atoms with Crippen LogP contribution in [0.15, 0.2) is 18.2 Å². The molecule has 0 spiro atoms. The first-order chi connectivity index (χ1) is 10.2. The first-order valence-corrected chi connectivity index (χ1v) is 7.96. The van der Waals surface area contributed by atoms with Crippen LogP contribution in [0.5, 0.6) is 0 Å². The summed E-state index contributed by atoms with van der Waals surface area (Å²) in [7, 11) is 0. The Morgan fingerprint density at radius 2 is 1.76 bits per heavy atom. The maximum atomic E-state index is 11.9. The molecule has 0 aliphatic carbocycles. The lowest BCUT2D eigenvalue weighted by molar-refractivity contribution is 0.0527. The zero-order chi connectivity index (χ0) is 15.7. The third-order valence-electron chi connectivity index (χ3n) is 3.48. The fraction of sp³-hybridized carbons (Fsp3) is 0.588. The van der Waals surface area contributed by atoms with E-state index in [2.05, 4.69) is 18.7 Å². The predicted molar refractivity (Wildman–Crippen MR) is 88.8 cm³/mol. The van der Waals surface area contributed by atoms with Crippen molar-refractivity contribution in [2.45, 2.75) is 46.5 Å². The second-order valence-corrected chi connectivity index (χ2v) is 5.15. The van der Waals surface area contributed by atoms with E-state index in [9.17, 15) is 4.79 Å². The number of nitrogen functional groups attached to an aromatic ring is 1. The van der Waals surface area contributed by atoms with Crippen LogP contribution < -0.4 is 10.6 Å². The van der Waals surface area contributed by atoms with E-state index in [0.29, 0.717) is 17.9 Å². The van der Waals surface area contributed by atoms with E-state index in [1.807, 2.05) is 12.1 Å². The van der Waals surface area contributed by atoms with Crippen molar-refractivity contribution in [1.29, 1.82) is 0 Å². The van der Waals surface area contributed by atoms with Gasteiger partial charge >= 0.3 is 5.97 Å². The molecule has 1 rings (SSSR count). The molecule has 0 fully saturated rings. The van der Waals surface area contributed by atoms with Gasteiger partial charge in [-0.1, -0.05) is 32.8 Å². The number of ether oxygens (including phenoxy) is 1. The van der Waals surface area contributed by atoms with Gasteiger partial charge in [0.1, 0.15) is 0 Å². The van der Waals surface area contributed by atoms with Crippen LogP contribution in [-0.2, 0) is 4.74 Å². The number of nitrogens with zero attached hydrogens (tertiary/aromatic N) is 1. The van der Waals surface area contributed by atoms with Crippen molar-refractivity contribution in [1.82, 2.24) is 0 Å². The van der Waals surface area contributed by atoms with Gasteiger partial charge in [-0.25, -0.2) is 4.79 Å².